The van der Waals surface area contributed by atoms with Crippen LogP contribution in [-0.2, 0) is 23.2 Å². The van der Waals surface area contributed by atoms with Gasteiger partial charge in [0.15, 0.2) is 0 Å². The van der Waals surface area contributed by atoms with Crippen LogP contribution in [0.1, 0.15) is 44.1 Å². The molecule has 0 saturated carbocycles. The van der Waals surface area contributed by atoms with Crippen LogP contribution in [0.3, 0.4) is 0 Å². The standard InChI is InChI=1S/C25H30N4O2/c1-17(2)13-21(24-26-20-11-7-8-12-22(20)28(24)3)27-25(31)19-14-23(30)29(16-19)15-18-9-5-4-6-10-18/h4-12,17,19,21H,13-16H2,1-3H3,(H,27,31)/t19-,21+/m0/s1. The molecule has 1 aromatic heterocycles. The lowest BCUT2D eigenvalue weighted by Crippen LogP contribution is -2.37. The number of hydrogen-bond acceptors (Lipinski definition) is 3. The van der Waals surface area contributed by atoms with Gasteiger partial charge in [-0.15, -0.1) is 0 Å². The summed E-state index contributed by atoms with van der Waals surface area (Å²) in [5, 5.41) is 3.21. The number of likely N-dealkylation sites (tertiary alicyclic amines) is 1. The van der Waals surface area contributed by atoms with Crippen LogP contribution in [0, 0.1) is 11.8 Å². The molecule has 1 saturated heterocycles. The normalized spacial score (nSPS) is 17.5. The fraction of sp³-hybridized carbons (Fsp3) is 0.400. The Balaban J connectivity index is 1.49. The number of fused-ring (bicyclic) bond motifs is 1. The summed E-state index contributed by atoms with van der Waals surface area (Å²) in [5.41, 5.74) is 3.05. The van der Waals surface area contributed by atoms with Gasteiger partial charge in [0.25, 0.3) is 0 Å². The largest absolute Gasteiger partial charge is 0.346 e. The van der Waals surface area contributed by atoms with E-state index in [1.54, 1.807) is 4.90 Å². The number of aromatic nitrogens is 2. The van der Waals surface area contributed by atoms with Crippen molar-refractivity contribution in [2.75, 3.05) is 6.54 Å². The summed E-state index contributed by atoms with van der Waals surface area (Å²) in [5.74, 6) is 0.882. The second-order valence-electron chi connectivity index (χ2n) is 8.87. The number of carbonyl (C=O) groups excluding carboxylic acids is 2. The van der Waals surface area contributed by atoms with Crippen molar-refractivity contribution in [3.63, 3.8) is 0 Å². The van der Waals surface area contributed by atoms with Crippen LogP contribution in [0.4, 0.5) is 0 Å². The van der Waals surface area contributed by atoms with Gasteiger partial charge in [0.1, 0.15) is 5.82 Å². The lowest BCUT2D eigenvalue weighted by Gasteiger charge is -2.22. The molecule has 2 aromatic carbocycles. The Morgan fingerprint density at radius 3 is 2.55 bits per heavy atom. The minimum Gasteiger partial charge on any atom is -0.346 e. The number of para-hydroxylation sites is 2. The van der Waals surface area contributed by atoms with E-state index in [2.05, 4.69) is 23.7 Å². The molecule has 3 aromatic rings. The molecular weight excluding hydrogens is 388 g/mol. The molecule has 1 fully saturated rings. The third-order valence-corrected chi connectivity index (χ3v) is 5.96. The lowest BCUT2D eigenvalue weighted by molar-refractivity contribution is -0.129. The molecule has 162 valence electrons. The first-order chi connectivity index (χ1) is 14.9. The average molecular weight is 419 g/mol. The molecule has 0 aliphatic carbocycles. The fourth-order valence-corrected chi connectivity index (χ4v) is 4.37. The van der Waals surface area contributed by atoms with Crippen molar-refractivity contribution in [1.29, 1.82) is 0 Å². The predicted octanol–water partition coefficient (Wildman–Crippen LogP) is 3.83. The summed E-state index contributed by atoms with van der Waals surface area (Å²) >= 11 is 0. The first-order valence-electron chi connectivity index (χ1n) is 11.0. The molecule has 0 unspecified atom stereocenters. The van der Waals surface area contributed by atoms with Gasteiger partial charge in [-0.3, -0.25) is 9.59 Å². The van der Waals surface area contributed by atoms with Crippen LogP contribution in [-0.4, -0.2) is 32.8 Å². The Kier molecular flexibility index (Phi) is 6.07. The summed E-state index contributed by atoms with van der Waals surface area (Å²) in [6, 6.07) is 17.7. The van der Waals surface area contributed by atoms with Crippen molar-refractivity contribution < 1.29 is 9.59 Å². The number of rotatable bonds is 7. The summed E-state index contributed by atoms with van der Waals surface area (Å²) in [6.07, 6.45) is 1.05. The van der Waals surface area contributed by atoms with Crippen LogP contribution < -0.4 is 5.32 Å². The van der Waals surface area contributed by atoms with E-state index >= 15 is 0 Å². The van der Waals surface area contributed by atoms with E-state index in [0.29, 0.717) is 19.0 Å². The lowest BCUT2D eigenvalue weighted by atomic mass is 10.0. The van der Waals surface area contributed by atoms with Crippen LogP contribution >= 0.6 is 0 Å². The highest BCUT2D eigenvalue weighted by Crippen LogP contribution is 2.26. The predicted molar refractivity (Wildman–Crippen MR) is 121 cm³/mol. The average Bonchev–Trinajstić information content (AvgIpc) is 3.28. The van der Waals surface area contributed by atoms with Gasteiger partial charge in [-0.05, 0) is 30.0 Å². The Labute approximate surface area is 183 Å². The summed E-state index contributed by atoms with van der Waals surface area (Å²) in [7, 11) is 1.99. The van der Waals surface area contributed by atoms with Crippen molar-refractivity contribution in [3.05, 3.63) is 66.0 Å². The highest BCUT2D eigenvalue weighted by molar-refractivity contribution is 5.89. The van der Waals surface area contributed by atoms with E-state index < -0.39 is 0 Å². The van der Waals surface area contributed by atoms with Gasteiger partial charge in [-0.2, -0.15) is 0 Å². The number of benzene rings is 2. The maximum atomic E-state index is 13.2. The SMILES string of the molecule is CC(C)C[C@@H](NC(=O)[C@H]1CC(=O)N(Cc2ccccc2)C1)c1nc2ccccc2n1C. The van der Waals surface area contributed by atoms with Crippen molar-refractivity contribution in [2.24, 2.45) is 18.9 Å². The van der Waals surface area contributed by atoms with Gasteiger partial charge in [0, 0.05) is 26.6 Å². The van der Waals surface area contributed by atoms with E-state index in [1.807, 2.05) is 61.6 Å². The van der Waals surface area contributed by atoms with Crippen LogP contribution in [0.25, 0.3) is 11.0 Å². The second-order valence-corrected chi connectivity index (χ2v) is 8.87. The van der Waals surface area contributed by atoms with Crippen molar-refractivity contribution in [2.45, 2.75) is 39.3 Å². The molecule has 4 rings (SSSR count). The van der Waals surface area contributed by atoms with Crippen molar-refractivity contribution in [3.8, 4) is 0 Å². The molecule has 1 aliphatic rings. The monoisotopic (exact) mass is 418 g/mol. The van der Waals surface area contributed by atoms with E-state index in [-0.39, 0.29) is 30.2 Å². The van der Waals surface area contributed by atoms with Crippen LogP contribution in [0.15, 0.2) is 54.6 Å². The fourth-order valence-electron chi connectivity index (χ4n) is 4.37. The minimum atomic E-state index is -0.333. The van der Waals surface area contributed by atoms with Crippen molar-refractivity contribution >= 4 is 22.8 Å². The minimum absolute atomic E-state index is 0.0344. The molecular formula is C25H30N4O2. The van der Waals surface area contributed by atoms with Gasteiger partial charge in [-0.1, -0.05) is 56.3 Å². The topological polar surface area (TPSA) is 67.2 Å². The van der Waals surface area contributed by atoms with E-state index in [0.717, 1.165) is 28.8 Å². The maximum Gasteiger partial charge on any atom is 0.226 e. The Bertz CT molecular complexity index is 1070. The number of carbonyl (C=O) groups is 2. The van der Waals surface area contributed by atoms with Crippen LogP contribution in [0.2, 0.25) is 0 Å². The molecule has 1 aliphatic heterocycles. The third-order valence-electron chi connectivity index (χ3n) is 5.96. The highest BCUT2D eigenvalue weighted by Gasteiger charge is 2.35. The Hall–Kier alpha value is -3.15. The van der Waals surface area contributed by atoms with Gasteiger partial charge in [0.2, 0.25) is 11.8 Å². The van der Waals surface area contributed by atoms with Gasteiger partial charge >= 0.3 is 0 Å². The van der Waals surface area contributed by atoms with E-state index in [4.69, 9.17) is 4.98 Å². The van der Waals surface area contributed by atoms with E-state index in [9.17, 15) is 9.59 Å². The zero-order chi connectivity index (χ0) is 22.0. The third kappa shape index (κ3) is 4.63. The van der Waals surface area contributed by atoms with Crippen molar-refractivity contribution in [1.82, 2.24) is 19.8 Å². The van der Waals surface area contributed by atoms with Gasteiger partial charge in [0.05, 0.1) is 23.0 Å². The molecule has 2 heterocycles. The number of nitrogens with zero attached hydrogens (tertiary/aromatic N) is 3. The number of amides is 2. The van der Waals surface area contributed by atoms with Gasteiger partial charge in [-0.25, -0.2) is 4.98 Å². The quantitative estimate of drug-likeness (QED) is 0.634. The molecule has 6 heteroatoms. The Morgan fingerprint density at radius 1 is 1.13 bits per heavy atom. The first-order valence-corrected chi connectivity index (χ1v) is 11.0. The molecule has 0 bridgehead atoms. The number of hydrogen-bond donors (Lipinski definition) is 1. The Morgan fingerprint density at radius 2 is 1.84 bits per heavy atom. The van der Waals surface area contributed by atoms with Gasteiger partial charge < -0.3 is 14.8 Å². The first kappa shape index (κ1) is 21.1. The highest BCUT2D eigenvalue weighted by atomic mass is 16.2. The smallest absolute Gasteiger partial charge is 0.226 e. The number of imidazole rings is 1. The van der Waals surface area contributed by atoms with E-state index in [1.165, 1.54) is 0 Å². The molecule has 0 spiro atoms. The number of nitrogens with one attached hydrogen (secondary N) is 1. The molecule has 2 atom stereocenters. The molecule has 31 heavy (non-hydrogen) atoms. The summed E-state index contributed by atoms with van der Waals surface area (Å²) < 4.78 is 2.06. The van der Waals surface area contributed by atoms with Crippen LogP contribution in [0.5, 0.6) is 0 Å². The molecule has 2 amide bonds. The second kappa shape index (κ2) is 8.92. The molecule has 1 N–H and O–H groups in total. The number of aryl methyl sites for hydroxylation is 1. The molecule has 6 nitrogen and oxygen atoms in total. The maximum absolute atomic E-state index is 13.2. The summed E-state index contributed by atoms with van der Waals surface area (Å²) in [6.45, 7) is 5.28. The zero-order valence-corrected chi connectivity index (χ0v) is 18.4. The summed E-state index contributed by atoms with van der Waals surface area (Å²) in [4.78, 5) is 32.3. The zero-order valence-electron chi connectivity index (χ0n) is 18.4. The molecule has 0 radical (unpaired) electrons.